The monoisotopic (exact) mass is 241 g/mol. The van der Waals surface area contributed by atoms with Gasteiger partial charge in [0.05, 0.1) is 7.11 Å². The Morgan fingerprint density at radius 3 is 2.44 bits per heavy atom. The summed E-state index contributed by atoms with van der Waals surface area (Å²) in [5.41, 5.74) is 7.68. The lowest BCUT2D eigenvalue weighted by Crippen LogP contribution is -2.27. The van der Waals surface area contributed by atoms with E-state index in [1.54, 1.807) is 7.11 Å². The fourth-order valence-corrected chi connectivity index (χ4v) is 2.82. The molecule has 0 saturated heterocycles. The van der Waals surface area contributed by atoms with Gasteiger partial charge >= 0.3 is 0 Å². The van der Waals surface area contributed by atoms with E-state index in [9.17, 15) is 0 Å². The van der Waals surface area contributed by atoms with Crippen LogP contribution in [0.1, 0.15) is 30.9 Å². The van der Waals surface area contributed by atoms with Crippen molar-refractivity contribution in [3.8, 4) is 5.75 Å². The number of hydrogen-bond donors (Lipinski definition) is 1. The maximum absolute atomic E-state index is 6.42. The molecular weight excluding hydrogens is 222 g/mol. The summed E-state index contributed by atoms with van der Waals surface area (Å²) in [7, 11) is 1.72. The van der Waals surface area contributed by atoms with E-state index in [0.29, 0.717) is 5.92 Å². The van der Waals surface area contributed by atoms with Crippen molar-refractivity contribution in [1.82, 2.24) is 0 Å². The van der Waals surface area contributed by atoms with E-state index < -0.39 is 0 Å². The summed E-state index contributed by atoms with van der Waals surface area (Å²) in [5, 5.41) is 2.39. The van der Waals surface area contributed by atoms with Gasteiger partial charge in [-0.25, -0.2) is 0 Å². The zero-order valence-corrected chi connectivity index (χ0v) is 10.7. The van der Waals surface area contributed by atoms with Crippen LogP contribution in [0.25, 0.3) is 10.8 Å². The molecule has 2 heteroatoms. The number of benzene rings is 2. The minimum atomic E-state index is 0.162. The summed E-state index contributed by atoms with van der Waals surface area (Å²) in [6, 6.07) is 12.7. The van der Waals surface area contributed by atoms with Crippen LogP contribution in [0.15, 0.2) is 36.4 Å². The maximum Gasteiger partial charge on any atom is 0.126 e. The molecule has 1 aliphatic carbocycles. The average molecular weight is 241 g/mol. The van der Waals surface area contributed by atoms with Crippen LogP contribution in [-0.4, -0.2) is 7.11 Å². The Morgan fingerprint density at radius 2 is 1.83 bits per heavy atom. The predicted molar refractivity (Wildman–Crippen MR) is 74.8 cm³/mol. The molecular formula is C16H19NO. The molecule has 1 aliphatic rings. The Balaban J connectivity index is 2.12. The van der Waals surface area contributed by atoms with E-state index in [4.69, 9.17) is 10.5 Å². The molecule has 0 heterocycles. The minimum Gasteiger partial charge on any atom is -0.496 e. The molecule has 1 saturated carbocycles. The van der Waals surface area contributed by atoms with Gasteiger partial charge in [-0.2, -0.15) is 0 Å². The zero-order chi connectivity index (χ0) is 12.5. The molecule has 0 spiro atoms. The number of ether oxygens (including phenoxy) is 1. The normalized spacial score (nSPS) is 17.4. The number of rotatable bonds is 3. The van der Waals surface area contributed by atoms with Gasteiger partial charge in [0.25, 0.3) is 0 Å². The van der Waals surface area contributed by atoms with Crippen LogP contribution in [0, 0.1) is 5.92 Å². The van der Waals surface area contributed by atoms with Crippen LogP contribution in [-0.2, 0) is 0 Å². The molecule has 0 unspecified atom stereocenters. The fraction of sp³-hybridized carbons (Fsp3) is 0.375. The summed E-state index contributed by atoms with van der Waals surface area (Å²) in [6.45, 7) is 0. The molecule has 2 nitrogen and oxygen atoms in total. The number of fused-ring (bicyclic) bond motifs is 1. The second-order valence-electron chi connectivity index (χ2n) is 5.12. The molecule has 94 valence electrons. The Kier molecular flexibility index (Phi) is 2.96. The predicted octanol–water partition coefficient (Wildman–Crippen LogP) is 3.65. The molecule has 2 aromatic carbocycles. The topological polar surface area (TPSA) is 35.2 Å². The average Bonchev–Trinajstić information content (AvgIpc) is 2.35. The van der Waals surface area contributed by atoms with Crippen LogP contribution in [0.2, 0.25) is 0 Å². The Morgan fingerprint density at radius 1 is 1.11 bits per heavy atom. The van der Waals surface area contributed by atoms with E-state index >= 15 is 0 Å². The molecule has 18 heavy (non-hydrogen) atoms. The number of methoxy groups -OCH3 is 1. The van der Waals surface area contributed by atoms with E-state index in [1.165, 1.54) is 30.2 Å². The second-order valence-corrected chi connectivity index (χ2v) is 5.12. The first-order valence-corrected chi connectivity index (χ1v) is 6.62. The summed E-state index contributed by atoms with van der Waals surface area (Å²) in [6.07, 6.45) is 3.86. The van der Waals surface area contributed by atoms with Crippen molar-refractivity contribution in [1.29, 1.82) is 0 Å². The van der Waals surface area contributed by atoms with E-state index in [0.717, 1.165) is 11.1 Å². The molecule has 2 aromatic rings. The van der Waals surface area contributed by atoms with Crippen LogP contribution in [0.4, 0.5) is 0 Å². The second kappa shape index (κ2) is 4.62. The van der Waals surface area contributed by atoms with Gasteiger partial charge in [-0.3, -0.25) is 0 Å². The highest BCUT2D eigenvalue weighted by Gasteiger charge is 2.26. The van der Waals surface area contributed by atoms with E-state index in [1.807, 2.05) is 12.1 Å². The third-order valence-electron chi connectivity index (χ3n) is 4.15. The van der Waals surface area contributed by atoms with Gasteiger partial charge in [0.1, 0.15) is 5.75 Å². The summed E-state index contributed by atoms with van der Waals surface area (Å²) in [5.74, 6) is 1.58. The van der Waals surface area contributed by atoms with Gasteiger partial charge in [-0.15, -0.1) is 0 Å². The van der Waals surface area contributed by atoms with Crippen molar-refractivity contribution in [2.45, 2.75) is 25.3 Å². The van der Waals surface area contributed by atoms with Crippen molar-refractivity contribution >= 4 is 10.8 Å². The third-order valence-corrected chi connectivity index (χ3v) is 4.15. The lowest BCUT2D eigenvalue weighted by atomic mass is 9.77. The SMILES string of the molecule is COc1ccc([C@@H](N)C2CCC2)c2ccccc12. The summed E-state index contributed by atoms with van der Waals surface area (Å²) in [4.78, 5) is 0. The largest absolute Gasteiger partial charge is 0.496 e. The lowest BCUT2D eigenvalue weighted by molar-refractivity contribution is 0.265. The van der Waals surface area contributed by atoms with Crippen molar-refractivity contribution in [3.63, 3.8) is 0 Å². The first-order valence-electron chi connectivity index (χ1n) is 6.62. The lowest BCUT2D eigenvalue weighted by Gasteiger charge is -2.32. The van der Waals surface area contributed by atoms with Gasteiger partial charge < -0.3 is 10.5 Å². The van der Waals surface area contributed by atoms with Crippen molar-refractivity contribution in [2.75, 3.05) is 7.11 Å². The van der Waals surface area contributed by atoms with Crippen LogP contribution < -0.4 is 10.5 Å². The van der Waals surface area contributed by atoms with Crippen molar-refractivity contribution < 1.29 is 4.74 Å². The van der Waals surface area contributed by atoms with Crippen LogP contribution >= 0.6 is 0 Å². The molecule has 0 aliphatic heterocycles. The molecule has 3 rings (SSSR count). The van der Waals surface area contributed by atoms with Gasteiger partial charge in [0, 0.05) is 11.4 Å². The number of nitrogens with two attached hydrogens (primary N) is 1. The van der Waals surface area contributed by atoms with Crippen LogP contribution in [0.5, 0.6) is 5.75 Å². The minimum absolute atomic E-state index is 0.162. The molecule has 0 amide bonds. The quantitative estimate of drug-likeness (QED) is 0.890. The summed E-state index contributed by atoms with van der Waals surface area (Å²) >= 11 is 0. The van der Waals surface area contributed by atoms with Gasteiger partial charge in [0.15, 0.2) is 0 Å². The third kappa shape index (κ3) is 1.77. The molecule has 0 bridgehead atoms. The highest BCUT2D eigenvalue weighted by molar-refractivity contribution is 5.91. The molecule has 0 aromatic heterocycles. The van der Waals surface area contributed by atoms with Crippen molar-refractivity contribution in [3.05, 3.63) is 42.0 Å². The van der Waals surface area contributed by atoms with E-state index in [-0.39, 0.29) is 6.04 Å². The first-order chi connectivity index (χ1) is 8.81. The van der Waals surface area contributed by atoms with Gasteiger partial charge in [0.2, 0.25) is 0 Å². The zero-order valence-electron chi connectivity index (χ0n) is 10.7. The smallest absolute Gasteiger partial charge is 0.126 e. The molecule has 2 N–H and O–H groups in total. The Bertz CT molecular complexity index is 560. The standard InChI is InChI=1S/C16H19NO/c1-18-15-10-9-14(16(17)11-5-4-6-11)12-7-2-3-8-13(12)15/h2-3,7-11,16H,4-6,17H2,1H3/t16-/m0/s1. The van der Waals surface area contributed by atoms with E-state index in [2.05, 4.69) is 24.3 Å². The van der Waals surface area contributed by atoms with Crippen molar-refractivity contribution in [2.24, 2.45) is 11.7 Å². The first kappa shape index (κ1) is 11.5. The highest BCUT2D eigenvalue weighted by atomic mass is 16.5. The number of hydrogen-bond acceptors (Lipinski definition) is 2. The summed E-state index contributed by atoms with van der Waals surface area (Å²) < 4.78 is 5.42. The molecule has 1 atom stereocenters. The molecule has 1 fully saturated rings. The van der Waals surface area contributed by atoms with Gasteiger partial charge in [-0.1, -0.05) is 36.8 Å². The maximum atomic E-state index is 6.42. The fourth-order valence-electron chi connectivity index (χ4n) is 2.82. The van der Waals surface area contributed by atoms with Gasteiger partial charge in [-0.05, 0) is 35.8 Å². The Hall–Kier alpha value is -1.54. The van der Waals surface area contributed by atoms with Crippen LogP contribution in [0.3, 0.4) is 0 Å². The Labute approximate surface area is 108 Å². The highest BCUT2D eigenvalue weighted by Crippen LogP contribution is 2.39. The molecule has 0 radical (unpaired) electrons.